The summed E-state index contributed by atoms with van der Waals surface area (Å²) in [5, 5.41) is 11.9. The number of hydrogen-bond donors (Lipinski definition) is 2. The summed E-state index contributed by atoms with van der Waals surface area (Å²) in [6.45, 7) is 4.41. The van der Waals surface area contributed by atoms with E-state index in [1.54, 1.807) is 6.92 Å². The van der Waals surface area contributed by atoms with E-state index in [1.807, 2.05) is 0 Å². The Bertz CT molecular complexity index is 522. The molecule has 1 atom stereocenters. The lowest BCUT2D eigenvalue weighted by atomic mass is 10.2. The van der Waals surface area contributed by atoms with Crippen LogP contribution in [0.5, 0.6) is 0 Å². The van der Waals surface area contributed by atoms with Crippen molar-refractivity contribution in [1.82, 2.24) is 5.32 Å². The molecule has 0 aliphatic rings. The lowest BCUT2D eigenvalue weighted by molar-refractivity contribution is -0.133. The Balaban J connectivity index is 3.49. The Kier molecular flexibility index (Phi) is 21.5. The Morgan fingerprint density at radius 3 is 1.97 bits per heavy atom. The van der Waals surface area contributed by atoms with E-state index in [0.717, 1.165) is 57.0 Å². The number of aliphatic hydroxyl groups is 1. The van der Waals surface area contributed by atoms with Gasteiger partial charge in [-0.1, -0.05) is 67.7 Å². The lowest BCUT2D eigenvalue weighted by Crippen LogP contribution is -2.27. The fraction of sp³-hybridized carbons (Fsp3) is 0.542. The minimum Gasteiger partial charge on any atom is -0.391 e. The highest BCUT2D eigenvalue weighted by Crippen LogP contribution is 2.07. The summed E-state index contributed by atoms with van der Waals surface area (Å²) in [5.41, 5.74) is 0. The number of aliphatic hydroxyl groups excluding tert-OH is 1. The van der Waals surface area contributed by atoms with Crippen LogP contribution in [0.15, 0.2) is 60.8 Å². The zero-order valence-corrected chi connectivity index (χ0v) is 18.9. The quantitative estimate of drug-likeness (QED) is 0.122. The van der Waals surface area contributed by atoms with Crippen LogP contribution in [0.25, 0.3) is 0 Å². The summed E-state index contributed by atoms with van der Waals surface area (Å²) >= 11 is 1.13. The molecule has 0 amide bonds. The average molecular weight is 422 g/mol. The van der Waals surface area contributed by atoms with Crippen LogP contribution in [0.3, 0.4) is 0 Å². The molecule has 2 N–H and O–H groups in total. The van der Waals surface area contributed by atoms with Crippen molar-refractivity contribution >= 4 is 18.0 Å². The Morgan fingerprint density at radius 1 is 0.931 bits per heavy atom. The van der Waals surface area contributed by atoms with Crippen molar-refractivity contribution in [3.8, 4) is 0 Å². The third-order valence-corrected chi connectivity index (χ3v) is 4.36. The van der Waals surface area contributed by atoms with E-state index in [4.69, 9.17) is 9.29 Å². The van der Waals surface area contributed by atoms with Gasteiger partial charge in [-0.05, 0) is 51.9 Å². The monoisotopic (exact) mass is 421 g/mol. The van der Waals surface area contributed by atoms with Crippen LogP contribution in [0.1, 0.15) is 65.2 Å². The highest BCUT2D eigenvalue weighted by molar-refractivity contribution is 7.95. The van der Waals surface area contributed by atoms with Gasteiger partial charge in [-0.15, -0.1) is 0 Å². The minimum atomic E-state index is -0.533. The van der Waals surface area contributed by atoms with Crippen molar-refractivity contribution in [3.05, 3.63) is 60.8 Å². The van der Waals surface area contributed by atoms with Gasteiger partial charge >= 0.3 is 5.97 Å². The van der Waals surface area contributed by atoms with Crippen molar-refractivity contribution in [2.75, 3.05) is 12.3 Å². The van der Waals surface area contributed by atoms with Gasteiger partial charge in [0.05, 0.1) is 12.0 Å². The zero-order valence-electron chi connectivity index (χ0n) is 18.1. The minimum absolute atomic E-state index is 0.181. The van der Waals surface area contributed by atoms with E-state index in [9.17, 15) is 4.79 Å². The SMILES string of the molecule is CCC=CCC=CCC=CCC=CCC=CCCCC(=O)OSCCNC(C)O. The molecule has 164 valence electrons. The molecule has 0 fully saturated rings. The van der Waals surface area contributed by atoms with Gasteiger partial charge < -0.3 is 9.29 Å². The molecular weight excluding hydrogens is 382 g/mol. The van der Waals surface area contributed by atoms with E-state index in [1.165, 1.54) is 0 Å². The van der Waals surface area contributed by atoms with Crippen molar-refractivity contribution in [2.45, 2.75) is 71.4 Å². The third kappa shape index (κ3) is 24.4. The molecule has 0 saturated carbocycles. The molecule has 0 spiro atoms. The van der Waals surface area contributed by atoms with Crippen LogP contribution < -0.4 is 5.32 Å². The largest absolute Gasteiger partial charge is 0.391 e. The third-order valence-electron chi connectivity index (χ3n) is 3.69. The molecule has 29 heavy (non-hydrogen) atoms. The first-order valence-electron chi connectivity index (χ1n) is 10.7. The maximum absolute atomic E-state index is 11.5. The number of carbonyl (C=O) groups excluding carboxylic acids is 1. The number of hydrogen-bond acceptors (Lipinski definition) is 5. The molecular formula is C24H39NO3S. The predicted octanol–water partition coefficient (Wildman–Crippen LogP) is 6.03. The van der Waals surface area contributed by atoms with E-state index in [0.29, 0.717) is 18.7 Å². The molecule has 0 radical (unpaired) electrons. The second-order valence-electron chi connectivity index (χ2n) is 6.51. The summed E-state index contributed by atoms with van der Waals surface area (Å²) in [7, 11) is 0. The number of unbranched alkanes of at least 4 members (excludes halogenated alkanes) is 1. The van der Waals surface area contributed by atoms with Gasteiger partial charge in [0.1, 0.15) is 6.23 Å². The topological polar surface area (TPSA) is 58.6 Å². The van der Waals surface area contributed by atoms with Gasteiger partial charge in [0.2, 0.25) is 0 Å². The van der Waals surface area contributed by atoms with E-state index in [-0.39, 0.29) is 5.97 Å². The summed E-state index contributed by atoms with van der Waals surface area (Å²) in [4.78, 5) is 11.5. The molecule has 0 aromatic carbocycles. The molecule has 0 heterocycles. The van der Waals surface area contributed by atoms with Crippen LogP contribution in [-0.4, -0.2) is 29.6 Å². The second-order valence-corrected chi connectivity index (χ2v) is 7.32. The van der Waals surface area contributed by atoms with Crippen molar-refractivity contribution in [1.29, 1.82) is 0 Å². The highest BCUT2D eigenvalue weighted by Gasteiger charge is 2.02. The Labute approximate surface area is 182 Å². The van der Waals surface area contributed by atoms with Gasteiger partial charge in [-0.2, -0.15) is 0 Å². The predicted molar refractivity (Wildman–Crippen MR) is 127 cm³/mol. The molecule has 0 saturated heterocycles. The van der Waals surface area contributed by atoms with E-state index in [2.05, 4.69) is 73.0 Å². The summed E-state index contributed by atoms with van der Waals surface area (Å²) in [6.07, 6.45) is 28.4. The van der Waals surface area contributed by atoms with E-state index >= 15 is 0 Å². The summed E-state index contributed by atoms with van der Waals surface area (Å²) < 4.78 is 5.06. The lowest BCUT2D eigenvalue weighted by Gasteiger charge is -2.06. The zero-order chi connectivity index (χ0) is 21.4. The standard InChI is InChI=1S/C24H39NO3S/c1-3-4-5-6-7-8-9-10-11-12-13-14-15-16-17-18-19-20-24(27)28-29-22-21-25-23(2)26/h4-5,7-8,10-11,13-14,16-17,23,25-26H,3,6,9,12,15,18-22H2,1-2H3. The van der Waals surface area contributed by atoms with Gasteiger partial charge in [-0.25, -0.2) is 0 Å². The molecule has 1 unspecified atom stereocenters. The molecule has 4 nitrogen and oxygen atoms in total. The fourth-order valence-corrected chi connectivity index (χ4v) is 2.69. The molecule has 0 aromatic rings. The number of allylic oxidation sites excluding steroid dienone is 10. The van der Waals surface area contributed by atoms with Crippen molar-refractivity contribution < 1.29 is 14.1 Å². The molecule has 0 rings (SSSR count). The van der Waals surface area contributed by atoms with Crippen LogP contribution >= 0.6 is 12.0 Å². The fourth-order valence-electron chi connectivity index (χ4n) is 2.19. The summed E-state index contributed by atoms with van der Waals surface area (Å²) in [6, 6.07) is 0. The second kappa shape index (κ2) is 22.7. The summed E-state index contributed by atoms with van der Waals surface area (Å²) in [5.74, 6) is 0.449. The molecule has 0 aliphatic heterocycles. The first-order valence-corrected chi connectivity index (χ1v) is 11.6. The van der Waals surface area contributed by atoms with Gasteiger partial charge in [0.25, 0.3) is 0 Å². The maximum atomic E-state index is 11.5. The Morgan fingerprint density at radius 2 is 1.45 bits per heavy atom. The molecule has 0 aliphatic carbocycles. The van der Waals surface area contributed by atoms with Crippen LogP contribution in [0, 0.1) is 0 Å². The van der Waals surface area contributed by atoms with Crippen molar-refractivity contribution in [3.63, 3.8) is 0 Å². The normalized spacial score (nSPS) is 13.6. The number of rotatable bonds is 18. The smallest absolute Gasteiger partial charge is 0.317 e. The van der Waals surface area contributed by atoms with Gasteiger partial charge in [0, 0.05) is 18.7 Å². The Hall–Kier alpha value is -1.56. The number of nitrogens with one attached hydrogen (secondary N) is 1. The molecule has 0 aromatic heterocycles. The molecule has 0 bridgehead atoms. The first kappa shape index (κ1) is 27.4. The maximum Gasteiger partial charge on any atom is 0.317 e. The average Bonchev–Trinajstić information content (AvgIpc) is 2.69. The molecule has 5 heteroatoms. The van der Waals surface area contributed by atoms with Gasteiger partial charge in [-0.3, -0.25) is 10.1 Å². The van der Waals surface area contributed by atoms with Crippen LogP contribution in [0.4, 0.5) is 0 Å². The number of carbonyl (C=O) groups is 1. The van der Waals surface area contributed by atoms with E-state index < -0.39 is 6.23 Å². The first-order chi connectivity index (χ1) is 14.2. The van der Waals surface area contributed by atoms with Gasteiger partial charge in [0.15, 0.2) is 0 Å². The highest BCUT2D eigenvalue weighted by atomic mass is 32.2. The van der Waals surface area contributed by atoms with Crippen LogP contribution in [0.2, 0.25) is 0 Å². The van der Waals surface area contributed by atoms with Crippen molar-refractivity contribution in [2.24, 2.45) is 0 Å². The van der Waals surface area contributed by atoms with Crippen LogP contribution in [-0.2, 0) is 8.98 Å².